The van der Waals surface area contributed by atoms with Crippen LogP contribution >= 0.6 is 0 Å². The number of H-pyrrole nitrogens is 1. The Hall–Kier alpha value is -2.64. The largest absolute Gasteiger partial charge is 0.368 e. The van der Waals surface area contributed by atoms with Crippen LogP contribution in [0.3, 0.4) is 0 Å². The number of nitrogens with zero attached hydrogens (tertiary/aromatic N) is 5. The van der Waals surface area contributed by atoms with Crippen LogP contribution in [-0.2, 0) is 13.6 Å². The third-order valence-electron chi connectivity index (χ3n) is 3.42. The first kappa shape index (κ1) is 12.4. The quantitative estimate of drug-likeness (QED) is 0.653. The summed E-state index contributed by atoms with van der Waals surface area (Å²) < 4.78 is 1.87. The Labute approximate surface area is 115 Å². The fourth-order valence-electron chi connectivity index (χ4n) is 2.23. The van der Waals surface area contributed by atoms with Crippen molar-refractivity contribution in [3.63, 3.8) is 0 Å². The minimum absolute atomic E-state index is 0.212. The third kappa shape index (κ3) is 1.94. The smallest absolute Gasteiger partial charge is 0.224 e. The fraction of sp³-hybridized carbons (Fsp3) is 0.333. The van der Waals surface area contributed by atoms with E-state index >= 15 is 0 Å². The van der Waals surface area contributed by atoms with E-state index in [0.717, 1.165) is 22.3 Å². The van der Waals surface area contributed by atoms with Gasteiger partial charge >= 0.3 is 0 Å². The van der Waals surface area contributed by atoms with Gasteiger partial charge in [0.15, 0.2) is 5.65 Å². The zero-order chi connectivity index (χ0) is 14.3. The molecule has 20 heavy (non-hydrogen) atoms. The maximum atomic E-state index is 5.69. The molecule has 0 spiro atoms. The summed E-state index contributed by atoms with van der Waals surface area (Å²) >= 11 is 0. The van der Waals surface area contributed by atoms with Gasteiger partial charge in [-0.15, -0.1) is 0 Å². The molecule has 0 amide bonds. The number of nitrogens with one attached hydrogen (secondary N) is 2. The van der Waals surface area contributed by atoms with Crippen molar-refractivity contribution in [2.24, 2.45) is 7.05 Å². The average molecular weight is 272 g/mol. The first-order valence-corrected chi connectivity index (χ1v) is 6.26. The highest BCUT2D eigenvalue weighted by Crippen LogP contribution is 2.20. The molecule has 0 aliphatic rings. The number of nitrogen functional groups attached to an aromatic ring is 1. The maximum Gasteiger partial charge on any atom is 0.224 e. The van der Waals surface area contributed by atoms with Gasteiger partial charge in [-0.05, 0) is 13.8 Å². The van der Waals surface area contributed by atoms with Crippen LogP contribution in [0.4, 0.5) is 11.8 Å². The molecular formula is C12H16N8. The summed E-state index contributed by atoms with van der Waals surface area (Å²) in [6.45, 7) is 4.66. The van der Waals surface area contributed by atoms with Gasteiger partial charge in [0.2, 0.25) is 5.95 Å². The summed E-state index contributed by atoms with van der Waals surface area (Å²) in [5, 5.41) is 15.2. The topological polar surface area (TPSA) is 110 Å². The summed E-state index contributed by atoms with van der Waals surface area (Å²) in [5.41, 5.74) is 9.60. The minimum atomic E-state index is 0.212. The normalized spacial score (nSPS) is 11.2. The van der Waals surface area contributed by atoms with Gasteiger partial charge in [-0.1, -0.05) is 0 Å². The first-order valence-electron chi connectivity index (χ1n) is 6.26. The van der Waals surface area contributed by atoms with E-state index in [1.807, 2.05) is 25.6 Å². The Bertz CT molecular complexity index is 769. The number of aromatic nitrogens is 6. The predicted octanol–water partition coefficient (Wildman–Crippen LogP) is 0.898. The Balaban J connectivity index is 1.92. The fourth-order valence-corrected chi connectivity index (χ4v) is 2.23. The number of nitrogens with two attached hydrogens (primary N) is 1. The second kappa shape index (κ2) is 4.48. The first-order chi connectivity index (χ1) is 9.56. The molecule has 4 N–H and O–H groups in total. The SMILES string of the molecule is Cc1nn(C)c(C)c1CNc1nc(N)nc2[nH]ncc12. The molecule has 0 saturated heterocycles. The van der Waals surface area contributed by atoms with Gasteiger partial charge in [0.1, 0.15) is 5.82 Å². The van der Waals surface area contributed by atoms with Gasteiger partial charge in [0.05, 0.1) is 17.3 Å². The Morgan fingerprint density at radius 2 is 2.15 bits per heavy atom. The van der Waals surface area contributed by atoms with Crippen LogP contribution in [0, 0.1) is 13.8 Å². The molecular weight excluding hydrogens is 256 g/mol. The average Bonchev–Trinajstić information content (AvgIpc) is 2.94. The van der Waals surface area contributed by atoms with E-state index in [2.05, 4.69) is 30.6 Å². The maximum absolute atomic E-state index is 5.69. The number of aromatic amines is 1. The van der Waals surface area contributed by atoms with E-state index in [-0.39, 0.29) is 5.95 Å². The van der Waals surface area contributed by atoms with Crippen LogP contribution in [0.1, 0.15) is 17.0 Å². The lowest BCUT2D eigenvalue weighted by Gasteiger charge is -2.07. The number of hydrogen-bond acceptors (Lipinski definition) is 6. The van der Waals surface area contributed by atoms with Gasteiger partial charge in [0, 0.05) is 24.8 Å². The van der Waals surface area contributed by atoms with Gasteiger partial charge in [-0.25, -0.2) is 0 Å². The van der Waals surface area contributed by atoms with E-state index < -0.39 is 0 Å². The van der Waals surface area contributed by atoms with Crippen LogP contribution in [0.25, 0.3) is 11.0 Å². The molecule has 0 unspecified atom stereocenters. The van der Waals surface area contributed by atoms with Crippen molar-refractivity contribution in [2.45, 2.75) is 20.4 Å². The van der Waals surface area contributed by atoms with Crippen LogP contribution < -0.4 is 11.1 Å². The summed E-state index contributed by atoms with van der Waals surface area (Å²) in [6.07, 6.45) is 1.68. The van der Waals surface area contributed by atoms with Crippen LogP contribution in [0.2, 0.25) is 0 Å². The van der Waals surface area contributed by atoms with Gasteiger partial charge in [-0.3, -0.25) is 9.78 Å². The monoisotopic (exact) mass is 272 g/mol. The van der Waals surface area contributed by atoms with Gasteiger partial charge < -0.3 is 11.1 Å². The zero-order valence-electron chi connectivity index (χ0n) is 11.6. The molecule has 8 nitrogen and oxygen atoms in total. The number of rotatable bonds is 3. The molecule has 0 atom stereocenters. The summed E-state index contributed by atoms with van der Waals surface area (Å²) in [5.74, 6) is 0.882. The number of aryl methyl sites for hydroxylation is 2. The summed E-state index contributed by atoms with van der Waals surface area (Å²) in [7, 11) is 1.93. The van der Waals surface area contributed by atoms with E-state index in [1.54, 1.807) is 6.20 Å². The molecule has 0 aromatic carbocycles. The van der Waals surface area contributed by atoms with Crippen LogP contribution in [0.5, 0.6) is 0 Å². The lowest BCUT2D eigenvalue weighted by Crippen LogP contribution is -2.06. The molecule has 0 saturated carbocycles. The highest BCUT2D eigenvalue weighted by molar-refractivity contribution is 5.86. The second-order valence-electron chi connectivity index (χ2n) is 4.69. The van der Waals surface area contributed by atoms with E-state index in [9.17, 15) is 0 Å². The van der Waals surface area contributed by atoms with Crippen molar-refractivity contribution in [3.8, 4) is 0 Å². The van der Waals surface area contributed by atoms with Crippen molar-refractivity contribution in [2.75, 3.05) is 11.1 Å². The van der Waals surface area contributed by atoms with Crippen LogP contribution in [0.15, 0.2) is 6.20 Å². The molecule has 3 aromatic heterocycles. The molecule has 3 aromatic rings. The van der Waals surface area contributed by atoms with E-state index in [4.69, 9.17) is 5.73 Å². The van der Waals surface area contributed by atoms with Crippen molar-refractivity contribution in [1.29, 1.82) is 0 Å². The second-order valence-corrected chi connectivity index (χ2v) is 4.69. The molecule has 0 radical (unpaired) electrons. The third-order valence-corrected chi connectivity index (χ3v) is 3.42. The number of fused-ring (bicyclic) bond motifs is 1. The number of anilines is 2. The lowest BCUT2D eigenvalue weighted by molar-refractivity contribution is 0.730. The Kier molecular flexibility index (Phi) is 2.78. The molecule has 3 rings (SSSR count). The Morgan fingerprint density at radius 1 is 1.35 bits per heavy atom. The molecule has 0 aliphatic carbocycles. The van der Waals surface area contributed by atoms with Crippen molar-refractivity contribution < 1.29 is 0 Å². The Morgan fingerprint density at radius 3 is 2.85 bits per heavy atom. The van der Waals surface area contributed by atoms with Gasteiger partial charge in [0.25, 0.3) is 0 Å². The number of hydrogen-bond donors (Lipinski definition) is 3. The molecule has 0 fully saturated rings. The van der Waals surface area contributed by atoms with E-state index in [1.165, 1.54) is 0 Å². The molecule has 0 bridgehead atoms. The minimum Gasteiger partial charge on any atom is -0.368 e. The molecule has 8 heteroatoms. The van der Waals surface area contributed by atoms with Crippen molar-refractivity contribution in [3.05, 3.63) is 23.1 Å². The van der Waals surface area contributed by atoms with Crippen molar-refractivity contribution >= 4 is 22.8 Å². The van der Waals surface area contributed by atoms with Gasteiger partial charge in [-0.2, -0.15) is 20.2 Å². The highest BCUT2D eigenvalue weighted by atomic mass is 15.3. The predicted molar refractivity (Wildman–Crippen MR) is 76.1 cm³/mol. The lowest BCUT2D eigenvalue weighted by atomic mass is 10.2. The summed E-state index contributed by atoms with van der Waals surface area (Å²) in [6, 6.07) is 0. The highest BCUT2D eigenvalue weighted by Gasteiger charge is 2.12. The standard InChI is InChI=1S/C12H16N8/c1-6-8(7(2)20(3)19-6)4-14-10-9-5-15-18-11(9)17-12(13)16-10/h5H,4H2,1-3H3,(H4,13,14,15,16,17,18). The molecule has 104 valence electrons. The zero-order valence-corrected chi connectivity index (χ0v) is 11.6. The van der Waals surface area contributed by atoms with E-state index in [0.29, 0.717) is 18.0 Å². The molecule has 0 aliphatic heterocycles. The summed E-state index contributed by atoms with van der Waals surface area (Å²) in [4.78, 5) is 8.31. The molecule has 3 heterocycles. The van der Waals surface area contributed by atoms with Crippen molar-refractivity contribution in [1.82, 2.24) is 29.9 Å². The van der Waals surface area contributed by atoms with Crippen LogP contribution in [-0.4, -0.2) is 29.9 Å².